The summed E-state index contributed by atoms with van der Waals surface area (Å²) in [4.78, 5) is 64.1. The van der Waals surface area contributed by atoms with Crippen molar-refractivity contribution in [3.8, 4) is 0 Å². The van der Waals surface area contributed by atoms with Crippen LogP contribution in [0, 0.1) is 0 Å². The second-order valence-corrected chi connectivity index (χ2v) is 8.14. The van der Waals surface area contributed by atoms with E-state index in [-0.39, 0.29) is 24.4 Å². The molecular weight excluding hydrogens is 424 g/mol. The summed E-state index contributed by atoms with van der Waals surface area (Å²) < 4.78 is 0. The second-order valence-electron chi connectivity index (χ2n) is 8.14. The van der Waals surface area contributed by atoms with Crippen LogP contribution in [0.3, 0.4) is 0 Å². The molecule has 0 atom stereocenters. The van der Waals surface area contributed by atoms with E-state index < -0.39 is 17.7 Å². The third kappa shape index (κ3) is 4.77. The number of carbonyl (C=O) groups excluding carboxylic acids is 5. The highest BCUT2D eigenvalue weighted by atomic mass is 16.2. The largest absolute Gasteiger partial charge is 0.352 e. The van der Waals surface area contributed by atoms with Crippen LogP contribution < -0.4 is 10.6 Å². The minimum absolute atomic E-state index is 0.141. The van der Waals surface area contributed by atoms with Crippen LogP contribution in [0.2, 0.25) is 0 Å². The number of benzene rings is 2. The number of imide groups is 1. The lowest BCUT2D eigenvalue weighted by atomic mass is 10.0. The van der Waals surface area contributed by atoms with E-state index >= 15 is 0 Å². The lowest BCUT2D eigenvalue weighted by Crippen LogP contribution is -2.49. The molecule has 1 fully saturated rings. The highest BCUT2D eigenvalue weighted by Crippen LogP contribution is 2.22. The van der Waals surface area contributed by atoms with E-state index in [4.69, 9.17) is 0 Å². The molecule has 2 aromatic carbocycles. The minimum Gasteiger partial charge on any atom is -0.352 e. The SMILES string of the molecule is CC(=O)Nc1cccc(C(=O)N2CCC(NC(=O)CN3C(=O)c4ccccc4C3=O)CC2)c1. The van der Waals surface area contributed by atoms with Crippen molar-refractivity contribution in [2.75, 3.05) is 25.0 Å². The molecule has 2 aromatic rings. The van der Waals surface area contributed by atoms with Gasteiger partial charge in [-0.15, -0.1) is 0 Å². The van der Waals surface area contributed by atoms with Crippen molar-refractivity contribution in [1.82, 2.24) is 15.1 Å². The molecule has 2 heterocycles. The molecule has 4 rings (SSSR count). The number of likely N-dealkylation sites (tertiary alicyclic amines) is 1. The Labute approximate surface area is 190 Å². The topological polar surface area (TPSA) is 116 Å². The fourth-order valence-corrected chi connectivity index (χ4v) is 4.14. The zero-order chi connectivity index (χ0) is 23.5. The zero-order valence-electron chi connectivity index (χ0n) is 18.2. The highest BCUT2D eigenvalue weighted by Gasteiger charge is 2.36. The van der Waals surface area contributed by atoms with Gasteiger partial charge in [-0.2, -0.15) is 0 Å². The average molecular weight is 448 g/mol. The minimum atomic E-state index is -0.465. The third-order valence-electron chi connectivity index (χ3n) is 5.76. The molecule has 0 spiro atoms. The lowest BCUT2D eigenvalue weighted by Gasteiger charge is -2.32. The number of hydrogen-bond donors (Lipinski definition) is 2. The van der Waals surface area contributed by atoms with Crippen molar-refractivity contribution < 1.29 is 24.0 Å². The van der Waals surface area contributed by atoms with Crippen molar-refractivity contribution >= 4 is 35.2 Å². The fraction of sp³-hybridized carbons (Fsp3) is 0.292. The van der Waals surface area contributed by atoms with Gasteiger partial charge >= 0.3 is 0 Å². The number of nitrogens with one attached hydrogen (secondary N) is 2. The number of piperidine rings is 1. The smallest absolute Gasteiger partial charge is 0.262 e. The summed E-state index contributed by atoms with van der Waals surface area (Å²) in [6, 6.07) is 13.1. The molecular formula is C24H24N4O5. The first-order valence-corrected chi connectivity index (χ1v) is 10.7. The van der Waals surface area contributed by atoms with Crippen LogP contribution in [0.25, 0.3) is 0 Å². The predicted octanol–water partition coefficient (Wildman–Crippen LogP) is 1.66. The average Bonchev–Trinajstić information content (AvgIpc) is 3.04. The molecule has 2 aliphatic heterocycles. The summed E-state index contributed by atoms with van der Waals surface area (Å²) in [6.07, 6.45) is 1.12. The molecule has 9 heteroatoms. The Balaban J connectivity index is 1.29. The number of fused-ring (bicyclic) bond motifs is 1. The summed E-state index contributed by atoms with van der Waals surface area (Å²) >= 11 is 0. The number of rotatable bonds is 5. The van der Waals surface area contributed by atoms with E-state index in [9.17, 15) is 24.0 Å². The third-order valence-corrected chi connectivity index (χ3v) is 5.76. The maximum Gasteiger partial charge on any atom is 0.262 e. The second kappa shape index (κ2) is 9.23. The fourth-order valence-electron chi connectivity index (χ4n) is 4.14. The standard InChI is InChI=1S/C24H24N4O5/c1-15(29)25-18-6-4-5-16(13-18)22(31)27-11-9-17(10-12-27)26-21(30)14-28-23(32)19-7-2-3-8-20(19)24(28)33/h2-8,13,17H,9-12,14H2,1H3,(H,25,29)(H,26,30). The van der Waals surface area contributed by atoms with Gasteiger partial charge in [0.15, 0.2) is 0 Å². The summed E-state index contributed by atoms with van der Waals surface area (Å²) in [7, 11) is 0. The molecule has 170 valence electrons. The molecule has 0 aromatic heterocycles. The van der Waals surface area contributed by atoms with Gasteiger partial charge in [-0.3, -0.25) is 28.9 Å². The van der Waals surface area contributed by atoms with Gasteiger partial charge in [0, 0.05) is 37.3 Å². The highest BCUT2D eigenvalue weighted by molar-refractivity contribution is 6.22. The number of nitrogens with zero attached hydrogens (tertiary/aromatic N) is 2. The van der Waals surface area contributed by atoms with Gasteiger partial charge in [0.2, 0.25) is 11.8 Å². The Morgan fingerprint density at radius 1 is 0.939 bits per heavy atom. The summed E-state index contributed by atoms with van der Waals surface area (Å²) in [5.74, 6) is -1.69. The van der Waals surface area contributed by atoms with E-state index in [1.807, 2.05) is 0 Å². The number of anilines is 1. The van der Waals surface area contributed by atoms with Gasteiger partial charge < -0.3 is 15.5 Å². The van der Waals surface area contributed by atoms with Crippen LogP contribution in [-0.4, -0.2) is 65.0 Å². The zero-order valence-corrected chi connectivity index (χ0v) is 18.2. The maximum atomic E-state index is 12.8. The molecule has 5 amide bonds. The van der Waals surface area contributed by atoms with Gasteiger partial charge in [0.05, 0.1) is 11.1 Å². The van der Waals surface area contributed by atoms with Crippen molar-refractivity contribution in [3.63, 3.8) is 0 Å². The van der Waals surface area contributed by atoms with E-state index in [2.05, 4.69) is 10.6 Å². The number of carbonyl (C=O) groups is 5. The summed E-state index contributed by atoms with van der Waals surface area (Å²) in [6.45, 7) is 1.99. The maximum absolute atomic E-state index is 12.8. The van der Waals surface area contributed by atoms with Crippen molar-refractivity contribution in [2.24, 2.45) is 0 Å². The molecule has 0 saturated carbocycles. The molecule has 0 radical (unpaired) electrons. The van der Waals surface area contributed by atoms with E-state index in [1.54, 1.807) is 53.4 Å². The summed E-state index contributed by atoms with van der Waals surface area (Å²) in [5, 5.41) is 5.54. The Morgan fingerprint density at radius 3 is 2.18 bits per heavy atom. The molecule has 33 heavy (non-hydrogen) atoms. The van der Waals surface area contributed by atoms with E-state index in [0.29, 0.717) is 48.3 Å². The Hall–Kier alpha value is -4.01. The first-order chi connectivity index (χ1) is 15.8. The quantitative estimate of drug-likeness (QED) is 0.675. The lowest BCUT2D eigenvalue weighted by molar-refractivity contribution is -0.122. The predicted molar refractivity (Wildman–Crippen MR) is 120 cm³/mol. The molecule has 1 saturated heterocycles. The number of amides is 5. The normalized spacial score (nSPS) is 15.9. The van der Waals surface area contributed by atoms with Gasteiger partial charge in [-0.1, -0.05) is 18.2 Å². The van der Waals surface area contributed by atoms with Crippen LogP contribution in [-0.2, 0) is 9.59 Å². The van der Waals surface area contributed by atoms with E-state index in [0.717, 1.165) is 4.90 Å². The van der Waals surface area contributed by atoms with Crippen molar-refractivity contribution in [3.05, 3.63) is 65.2 Å². The Bertz CT molecular complexity index is 1100. The van der Waals surface area contributed by atoms with Crippen LogP contribution in [0.15, 0.2) is 48.5 Å². The number of hydrogen-bond acceptors (Lipinski definition) is 5. The van der Waals surface area contributed by atoms with Gasteiger partial charge in [-0.05, 0) is 43.2 Å². The molecule has 0 unspecified atom stereocenters. The van der Waals surface area contributed by atoms with Gasteiger partial charge in [-0.25, -0.2) is 0 Å². The van der Waals surface area contributed by atoms with Crippen LogP contribution >= 0.6 is 0 Å². The Morgan fingerprint density at radius 2 is 1.58 bits per heavy atom. The van der Waals surface area contributed by atoms with Gasteiger partial charge in [0.1, 0.15) is 6.54 Å². The first-order valence-electron chi connectivity index (χ1n) is 10.7. The molecule has 0 bridgehead atoms. The van der Waals surface area contributed by atoms with Gasteiger partial charge in [0.25, 0.3) is 17.7 Å². The Kier molecular flexibility index (Phi) is 6.21. The molecule has 9 nitrogen and oxygen atoms in total. The molecule has 2 N–H and O–H groups in total. The van der Waals surface area contributed by atoms with E-state index in [1.165, 1.54) is 6.92 Å². The van der Waals surface area contributed by atoms with Crippen LogP contribution in [0.5, 0.6) is 0 Å². The van der Waals surface area contributed by atoms with Crippen molar-refractivity contribution in [2.45, 2.75) is 25.8 Å². The molecule has 2 aliphatic rings. The summed E-state index contributed by atoms with van der Waals surface area (Å²) in [5.41, 5.74) is 1.66. The van der Waals surface area contributed by atoms with Crippen molar-refractivity contribution in [1.29, 1.82) is 0 Å². The first kappa shape index (κ1) is 22.2. The van der Waals surface area contributed by atoms with Crippen LogP contribution in [0.1, 0.15) is 50.8 Å². The van der Waals surface area contributed by atoms with Crippen LogP contribution in [0.4, 0.5) is 5.69 Å². The molecule has 0 aliphatic carbocycles. The monoisotopic (exact) mass is 448 g/mol.